The first-order valence-corrected chi connectivity index (χ1v) is 9.29. The summed E-state index contributed by atoms with van der Waals surface area (Å²) in [6, 6.07) is 14.0. The van der Waals surface area contributed by atoms with Crippen LogP contribution in [0.3, 0.4) is 0 Å². The summed E-state index contributed by atoms with van der Waals surface area (Å²) in [6.07, 6.45) is -3.17. The van der Waals surface area contributed by atoms with Crippen LogP contribution in [0.2, 0.25) is 0 Å². The van der Waals surface area contributed by atoms with E-state index in [2.05, 4.69) is 0 Å². The minimum absolute atomic E-state index is 0.209. The number of esters is 2. The number of aliphatic hydroxyl groups excluding tert-OH is 1. The number of rotatable bonds is 5. The van der Waals surface area contributed by atoms with Crippen molar-refractivity contribution in [1.29, 1.82) is 0 Å². The molecule has 0 bridgehead atoms. The van der Waals surface area contributed by atoms with Crippen molar-refractivity contribution in [3.63, 3.8) is 0 Å². The first-order valence-electron chi connectivity index (χ1n) is 8.85. The van der Waals surface area contributed by atoms with E-state index in [1.165, 1.54) is 0 Å². The highest BCUT2D eigenvalue weighted by atomic mass is 35.5. The van der Waals surface area contributed by atoms with E-state index in [-0.39, 0.29) is 6.61 Å². The van der Waals surface area contributed by atoms with E-state index in [9.17, 15) is 14.7 Å². The van der Waals surface area contributed by atoms with Gasteiger partial charge < -0.3 is 19.3 Å². The molecule has 0 saturated carbocycles. The topological polar surface area (TPSA) is 82.1 Å². The molecular weight excluding hydrogens is 384 g/mol. The number of alkyl halides is 1. The first kappa shape index (κ1) is 20.3. The van der Waals surface area contributed by atoms with Gasteiger partial charge in [-0.1, -0.05) is 48.0 Å². The lowest BCUT2D eigenvalue weighted by Crippen LogP contribution is -2.38. The van der Waals surface area contributed by atoms with Gasteiger partial charge in [-0.3, -0.25) is 0 Å². The van der Waals surface area contributed by atoms with Gasteiger partial charge in [0.1, 0.15) is 18.8 Å². The van der Waals surface area contributed by atoms with Crippen LogP contribution >= 0.6 is 11.6 Å². The molecule has 7 heteroatoms. The summed E-state index contributed by atoms with van der Waals surface area (Å²) in [6.45, 7) is 3.37. The monoisotopic (exact) mass is 404 g/mol. The van der Waals surface area contributed by atoms with Crippen LogP contribution in [-0.2, 0) is 14.2 Å². The summed E-state index contributed by atoms with van der Waals surface area (Å²) in [5.74, 6) is -1.13. The maximum atomic E-state index is 12.5. The molecule has 0 aromatic heterocycles. The molecule has 0 amide bonds. The zero-order valence-corrected chi connectivity index (χ0v) is 16.3. The third-order valence-corrected chi connectivity index (χ3v) is 4.99. The quantitative estimate of drug-likeness (QED) is 0.609. The molecule has 1 N–H and O–H groups in total. The molecule has 2 aromatic rings. The summed E-state index contributed by atoms with van der Waals surface area (Å²) in [4.78, 5) is 24.8. The number of aryl methyl sites for hydroxylation is 2. The molecule has 6 nitrogen and oxygen atoms in total. The van der Waals surface area contributed by atoms with E-state index < -0.39 is 35.8 Å². The fourth-order valence-corrected chi connectivity index (χ4v) is 3.28. The highest BCUT2D eigenvalue weighted by Crippen LogP contribution is 2.28. The second-order valence-electron chi connectivity index (χ2n) is 6.61. The minimum Gasteiger partial charge on any atom is -0.459 e. The van der Waals surface area contributed by atoms with Crippen LogP contribution in [0.5, 0.6) is 0 Å². The van der Waals surface area contributed by atoms with Crippen LogP contribution in [0.1, 0.15) is 31.8 Å². The second-order valence-corrected chi connectivity index (χ2v) is 7.04. The molecule has 0 radical (unpaired) electrons. The molecule has 0 aliphatic carbocycles. The first-order chi connectivity index (χ1) is 13.4. The van der Waals surface area contributed by atoms with Gasteiger partial charge in [-0.25, -0.2) is 9.59 Å². The SMILES string of the molecule is Cc1ccccc1C(=O)OC[C@H]1OC(Cl)[C@@H](O)[C@@H]1OC(=O)c1ccccc1C. The Hall–Kier alpha value is -2.41. The molecule has 2 aromatic carbocycles. The van der Waals surface area contributed by atoms with E-state index in [1.807, 2.05) is 12.1 Å². The van der Waals surface area contributed by atoms with Gasteiger partial charge in [-0.05, 0) is 37.1 Å². The van der Waals surface area contributed by atoms with Gasteiger partial charge >= 0.3 is 11.9 Å². The summed E-state index contributed by atoms with van der Waals surface area (Å²) in [5, 5.41) is 10.2. The predicted octanol–water partition coefficient (Wildman–Crippen LogP) is 3.01. The number of carbonyl (C=O) groups is 2. The third-order valence-electron chi connectivity index (χ3n) is 4.63. The Morgan fingerprint density at radius 2 is 1.54 bits per heavy atom. The average molecular weight is 405 g/mol. The number of benzene rings is 2. The maximum Gasteiger partial charge on any atom is 0.338 e. The molecule has 1 heterocycles. The molecule has 1 unspecified atom stereocenters. The summed E-state index contributed by atoms with van der Waals surface area (Å²) in [5.41, 5.74) is 1.25. The average Bonchev–Trinajstić information content (AvgIpc) is 2.94. The Morgan fingerprint density at radius 1 is 1.00 bits per heavy atom. The van der Waals surface area contributed by atoms with Crippen molar-refractivity contribution in [2.24, 2.45) is 0 Å². The molecule has 1 fully saturated rings. The molecule has 28 heavy (non-hydrogen) atoms. The molecule has 1 aliphatic heterocycles. The Bertz CT molecular complexity index is 867. The van der Waals surface area contributed by atoms with Crippen LogP contribution in [-0.4, -0.2) is 47.5 Å². The fraction of sp³-hybridized carbons (Fsp3) is 0.333. The van der Waals surface area contributed by atoms with E-state index in [0.717, 1.165) is 11.1 Å². The van der Waals surface area contributed by atoms with Crippen LogP contribution < -0.4 is 0 Å². The van der Waals surface area contributed by atoms with Crippen LogP contribution in [0.25, 0.3) is 0 Å². The highest BCUT2D eigenvalue weighted by molar-refractivity contribution is 6.20. The van der Waals surface area contributed by atoms with Crippen molar-refractivity contribution in [2.75, 3.05) is 6.61 Å². The second kappa shape index (κ2) is 8.73. The Balaban J connectivity index is 1.68. The van der Waals surface area contributed by atoms with Crippen molar-refractivity contribution in [3.05, 3.63) is 70.8 Å². The minimum atomic E-state index is -1.24. The largest absolute Gasteiger partial charge is 0.459 e. The number of hydrogen-bond acceptors (Lipinski definition) is 6. The van der Waals surface area contributed by atoms with Gasteiger partial charge in [0.15, 0.2) is 11.7 Å². The predicted molar refractivity (Wildman–Crippen MR) is 102 cm³/mol. The number of carbonyl (C=O) groups excluding carboxylic acids is 2. The zero-order valence-electron chi connectivity index (χ0n) is 15.5. The zero-order chi connectivity index (χ0) is 20.3. The van der Waals surface area contributed by atoms with Crippen molar-refractivity contribution < 1.29 is 28.9 Å². The molecule has 4 atom stereocenters. The maximum absolute atomic E-state index is 12.5. The lowest BCUT2D eigenvalue weighted by molar-refractivity contribution is -0.0392. The summed E-state index contributed by atoms with van der Waals surface area (Å²) >= 11 is 5.97. The van der Waals surface area contributed by atoms with Crippen molar-refractivity contribution in [3.8, 4) is 0 Å². The standard InChI is InChI=1S/C21H21ClO6/c1-12-7-3-5-9-14(12)20(24)26-11-16-18(17(23)19(22)27-16)28-21(25)15-10-6-4-8-13(15)2/h3-10,16-19,23H,11H2,1-2H3/t16-,17+,18-,19?/m1/s1. The number of aliphatic hydroxyl groups is 1. The summed E-state index contributed by atoms with van der Waals surface area (Å²) < 4.78 is 16.2. The van der Waals surface area contributed by atoms with E-state index in [1.54, 1.807) is 50.2 Å². The molecule has 3 rings (SSSR count). The Labute approximate surface area is 168 Å². The van der Waals surface area contributed by atoms with E-state index in [0.29, 0.717) is 11.1 Å². The van der Waals surface area contributed by atoms with Crippen molar-refractivity contribution in [1.82, 2.24) is 0 Å². The number of ether oxygens (including phenoxy) is 3. The van der Waals surface area contributed by atoms with Gasteiger partial charge in [0.2, 0.25) is 0 Å². The lowest BCUT2D eigenvalue weighted by Gasteiger charge is -2.21. The number of hydrogen-bond donors (Lipinski definition) is 1. The van der Waals surface area contributed by atoms with Crippen molar-refractivity contribution >= 4 is 23.5 Å². The van der Waals surface area contributed by atoms with Crippen LogP contribution in [0, 0.1) is 13.8 Å². The van der Waals surface area contributed by atoms with Gasteiger partial charge in [0, 0.05) is 0 Å². The fourth-order valence-electron chi connectivity index (χ4n) is 3.00. The summed E-state index contributed by atoms with van der Waals surface area (Å²) in [7, 11) is 0. The Kier molecular flexibility index (Phi) is 6.34. The third kappa shape index (κ3) is 4.35. The van der Waals surface area contributed by atoms with Gasteiger partial charge in [0.05, 0.1) is 11.1 Å². The molecule has 0 spiro atoms. The number of halogens is 1. The van der Waals surface area contributed by atoms with E-state index >= 15 is 0 Å². The normalized spacial score (nSPS) is 24.0. The van der Waals surface area contributed by atoms with Crippen LogP contribution in [0.4, 0.5) is 0 Å². The molecule has 148 valence electrons. The van der Waals surface area contributed by atoms with E-state index in [4.69, 9.17) is 25.8 Å². The van der Waals surface area contributed by atoms with Crippen molar-refractivity contribution in [2.45, 2.75) is 37.7 Å². The van der Waals surface area contributed by atoms with Gasteiger partial charge in [-0.15, -0.1) is 0 Å². The lowest BCUT2D eigenvalue weighted by atomic mass is 10.1. The molecule has 1 saturated heterocycles. The van der Waals surface area contributed by atoms with Gasteiger partial charge in [0.25, 0.3) is 0 Å². The smallest absolute Gasteiger partial charge is 0.338 e. The van der Waals surface area contributed by atoms with Crippen LogP contribution in [0.15, 0.2) is 48.5 Å². The molecular formula is C21H21ClO6. The van der Waals surface area contributed by atoms with Gasteiger partial charge in [-0.2, -0.15) is 0 Å². The Morgan fingerprint density at radius 3 is 2.11 bits per heavy atom. The highest BCUT2D eigenvalue weighted by Gasteiger charge is 2.46. The molecule has 1 aliphatic rings.